The van der Waals surface area contributed by atoms with Crippen LogP contribution in [0.2, 0.25) is 0 Å². The van der Waals surface area contributed by atoms with Gasteiger partial charge in [-0.25, -0.2) is 14.3 Å². The average molecular weight is 540 g/mol. The van der Waals surface area contributed by atoms with Gasteiger partial charge < -0.3 is 19.4 Å². The Kier molecular flexibility index (Phi) is 6.86. The number of ether oxygens (including phenoxy) is 1. The molecule has 4 aromatic heterocycles. The van der Waals surface area contributed by atoms with Gasteiger partial charge >= 0.3 is 6.03 Å². The summed E-state index contributed by atoms with van der Waals surface area (Å²) in [7, 11) is 1.88. The molecule has 2 fully saturated rings. The summed E-state index contributed by atoms with van der Waals surface area (Å²) in [4.78, 5) is 23.9. The van der Waals surface area contributed by atoms with Crippen LogP contribution in [0.15, 0.2) is 49.2 Å². The summed E-state index contributed by atoms with van der Waals surface area (Å²) in [5.41, 5.74) is 4.96. The zero-order chi connectivity index (χ0) is 27.8. The van der Waals surface area contributed by atoms with E-state index in [0.29, 0.717) is 25.2 Å². The van der Waals surface area contributed by atoms with E-state index in [-0.39, 0.29) is 18.2 Å². The van der Waals surface area contributed by atoms with Crippen LogP contribution in [0.3, 0.4) is 0 Å². The summed E-state index contributed by atoms with van der Waals surface area (Å²) >= 11 is 0. The van der Waals surface area contributed by atoms with Crippen molar-refractivity contribution in [3.05, 3.63) is 54.7 Å². The Morgan fingerprint density at radius 3 is 2.50 bits per heavy atom. The maximum absolute atomic E-state index is 13.1. The molecule has 2 aliphatic heterocycles. The van der Waals surface area contributed by atoms with Gasteiger partial charge in [-0.05, 0) is 38.5 Å². The van der Waals surface area contributed by atoms with Crippen molar-refractivity contribution < 1.29 is 9.53 Å². The first-order valence-electron chi connectivity index (χ1n) is 13.7. The third-order valence-electron chi connectivity index (χ3n) is 7.58. The van der Waals surface area contributed by atoms with Crippen LogP contribution in [-0.2, 0) is 11.8 Å². The molecule has 6 rings (SSSR count). The fraction of sp³-hybridized carbons (Fsp3) is 0.414. The molecule has 206 valence electrons. The van der Waals surface area contributed by atoms with E-state index in [4.69, 9.17) is 9.72 Å². The van der Waals surface area contributed by atoms with Gasteiger partial charge in [-0.2, -0.15) is 15.5 Å². The van der Waals surface area contributed by atoms with Gasteiger partial charge in [0.1, 0.15) is 11.9 Å². The number of amides is 2. The van der Waals surface area contributed by atoms with Crippen LogP contribution in [0.4, 0.5) is 10.6 Å². The second-order valence-corrected chi connectivity index (χ2v) is 10.7. The van der Waals surface area contributed by atoms with E-state index in [1.54, 1.807) is 15.4 Å². The van der Waals surface area contributed by atoms with E-state index < -0.39 is 0 Å². The van der Waals surface area contributed by atoms with Crippen molar-refractivity contribution in [1.82, 2.24) is 34.2 Å². The van der Waals surface area contributed by atoms with E-state index in [2.05, 4.69) is 27.2 Å². The monoisotopic (exact) mass is 539 g/mol. The normalized spacial score (nSPS) is 17.7. The number of rotatable bonds is 5. The van der Waals surface area contributed by atoms with Crippen molar-refractivity contribution in [2.24, 2.45) is 7.05 Å². The second kappa shape index (κ2) is 10.6. The average Bonchev–Trinajstić information content (AvgIpc) is 3.72. The van der Waals surface area contributed by atoms with Gasteiger partial charge in [0.2, 0.25) is 0 Å². The summed E-state index contributed by atoms with van der Waals surface area (Å²) in [6.45, 7) is 8.24. The van der Waals surface area contributed by atoms with E-state index >= 15 is 0 Å². The molecular weight excluding hydrogens is 506 g/mol. The van der Waals surface area contributed by atoms with Crippen LogP contribution < -0.4 is 4.90 Å². The SMILES string of the molecule is CC(C)O[C@H]1CCN(C(=O)N2CCN(c3ccc(-c4cc(-c5cnn(C)c5)cn5ncc(C#N)c45)cn3)CC2)C1. The third kappa shape index (κ3) is 4.98. The number of likely N-dealkylation sites (tertiary alicyclic amines) is 1. The molecule has 6 heterocycles. The van der Waals surface area contributed by atoms with Crippen LogP contribution in [0.25, 0.3) is 27.8 Å². The molecule has 0 bridgehead atoms. The Morgan fingerprint density at radius 1 is 1.00 bits per heavy atom. The van der Waals surface area contributed by atoms with Crippen LogP contribution >= 0.6 is 0 Å². The minimum atomic E-state index is 0.101. The molecule has 40 heavy (non-hydrogen) atoms. The number of pyridine rings is 2. The Bertz CT molecular complexity index is 1560. The molecule has 2 amide bonds. The first-order valence-corrected chi connectivity index (χ1v) is 13.7. The number of nitriles is 1. The van der Waals surface area contributed by atoms with Crippen molar-refractivity contribution in [2.45, 2.75) is 32.5 Å². The van der Waals surface area contributed by atoms with Crippen LogP contribution in [0.5, 0.6) is 0 Å². The lowest BCUT2D eigenvalue weighted by Gasteiger charge is -2.37. The van der Waals surface area contributed by atoms with Crippen LogP contribution in [0.1, 0.15) is 25.8 Å². The Morgan fingerprint density at radius 2 is 1.82 bits per heavy atom. The van der Waals surface area contributed by atoms with E-state index in [9.17, 15) is 10.1 Å². The topological polar surface area (TPSA) is 108 Å². The Balaban J connectivity index is 1.17. The van der Waals surface area contributed by atoms with Crippen molar-refractivity contribution >= 4 is 17.4 Å². The van der Waals surface area contributed by atoms with Crippen molar-refractivity contribution in [3.63, 3.8) is 0 Å². The van der Waals surface area contributed by atoms with Crippen molar-refractivity contribution in [2.75, 3.05) is 44.2 Å². The van der Waals surface area contributed by atoms with Crippen LogP contribution in [-0.4, -0.2) is 91.7 Å². The summed E-state index contributed by atoms with van der Waals surface area (Å²) in [5, 5.41) is 18.4. The van der Waals surface area contributed by atoms with Crippen LogP contribution in [0, 0.1) is 11.3 Å². The summed E-state index contributed by atoms with van der Waals surface area (Å²) < 4.78 is 9.41. The minimum absolute atomic E-state index is 0.101. The lowest BCUT2D eigenvalue weighted by Crippen LogP contribution is -2.52. The Labute approximate surface area is 233 Å². The first kappa shape index (κ1) is 25.8. The number of anilines is 1. The molecule has 0 saturated carbocycles. The molecule has 0 unspecified atom stereocenters. The van der Waals surface area contributed by atoms with Gasteiger partial charge in [0.05, 0.1) is 35.7 Å². The predicted octanol–water partition coefficient (Wildman–Crippen LogP) is 3.41. The number of piperazine rings is 1. The largest absolute Gasteiger partial charge is 0.374 e. The predicted molar refractivity (Wildman–Crippen MR) is 151 cm³/mol. The zero-order valence-corrected chi connectivity index (χ0v) is 23.1. The molecule has 0 aliphatic carbocycles. The molecule has 11 nitrogen and oxygen atoms in total. The maximum Gasteiger partial charge on any atom is 0.320 e. The maximum atomic E-state index is 13.1. The van der Waals surface area contributed by atoms with E-state index in [1.165, 1.54) is 0 Å². The quantitative estimate of drug-likeness (QED) is 0.382. The number of aromatic nitrogens is 5. The minimum Gasteiger partial charge on any atom is -0.374 e. The van der Waals surface area contributed by atoms with E-state index in [1.807, 2.05) is 67.6 Å². The van der Waals surface area contributed by atoms with Gasteiger partial charge in [-0.1, -0.05) is 0 Å². The summed E-state index contributed by atoms with van der Waals surface area (Å²) in [6.07, 6.45) is 10.3. The third-order valence-corrected chi connectivity index (χ3v) is 7.58. The molecule has 2 saturated heterocycles. The highest BCUT2D eigenvalue weighted by molar-refractivity contribution is 5.87. The highest BCUT2D eigenvalue weighted by atomic mass is 16.5. The summed E-state index contributed by atoms with van der Waals surface area (Å²) in [5.74, 6) is 0.871. The number of urea groups is 1. The highest BCUT2D eigenvalue weighted by Gasteiger charge is 2.32. The molecule has 2 aliphatic rings. The first-order chi connectivity index (χ1) is 19.4. The number of aryl methyl sites for hydroxylation is 1. The van der Waals surface area contributed by atoms with E-state index in [0.717, 1.165) is 59.6 Å². The standard InChI is InChI=1S/C29H33N9O2/c1-20(2)40-25-6-7-37(19-25)29(39)36-10-8-35(9-11-36)27-5-4-21(14-31-27)26-12-22(24-16-32-34(3)17-24)18-38-28(26)23(13-30)15-33-38/h4-5,12,14-18,20,25H,6-11,19H2,1-3H3/t25-/m0/s1. The summed E-state index contributed by atoms with van der Waals surface area (Å²) in [6, 6.07) is 8.47. The van der Waals surface area contributed by atoms with Gasteiger partial charge in [0.15, 0.2) is 0 Å². The molecule has 0 radical (unpaired) electrons. The molecule has 0 N–H and O–H groups in total. The lowest BCUT2D eigenvalue weighted by molar-refractivity contribution is 0.0149. The lowest BCUT2D eigenvalue weighted by atomic mass is 10.0. The van der Waals surface area contributed by atoms with Crippen molar-refractivity contribution in [3.8, 4) is 28.3 Å². The Hall–Kier alpha value is -4.43. The van der Waals surface area contributed by atoms with Crippen molar-refractivity contribution in [1.29, 1.82) is 5.26 Å². The van der Waals surface area contributed by atoms with Gasteiger partial charge in [-0.15, -0.1) is 0 Å². The number of carbonyl (C=O) groups excluding carboxylic acids is 1. The zero-order valence-electron chi connectivity index (χ0n) is 23.1. The molecule has 0 spiro atoms. The number of hydrogen-bond acceptors (Lipinski definition) is 7. The fourth-order valence-corrected chi connectivity index (χ4v) is 5.61. The molecule has 1 atom stereocenters. The van der Waals surface area contributed by atoms with Gasteiger partial charge in [-0.3, -0.25) is 4.68 Å². The number of hydrogen-bond donors (Lipinski definition) is 0. The number of carbonyl (C=O) groups is 1. The van der Waals surface area contributed by atoms with Gasteiger partial charge in [0, 0.05) is 87.2 Å². The number of fused-ring (bicyclic) bond motifs is 1. The molecule has 0 aromatic carbocycles. The smallest absolute Gasteiger partial charge is 0.320 e. The fourth-order valence-electron chi connectivity index (χ4n) is 5.61. The second-order valence-electron chi connectivity index (χ2n) is 10.7. The van der Waals surface area contributed by atoms with Gasteiger partial charge in [0.25, 0.3) is 0 Å². The highest BCUT2D eigenvalue weighted by Crippen LogP contribution is 2.32. The molecule has 11 heteroatoms. The number of nitrogens with zero attached hydrogens (tertiary/aromatic N) is 9. The molecular formula is C29H33N9O2. The molecule has 4 aromatic rings.